The maximum atomic E-state index is 5.60. The molecule has 9 heteroatoms. The quantitative estimate of drug-likeness (QED) is 0.397. The van der Waals surface area contributed by atoms with E-state index in [1.165, 1.54) is 0 Å². The van der Waals surface area contributed by atoms with E-state index in [0.29, 0.717) is 30.5 Å². The van der Waals surface area contributed by atoms with Gasteiger partial charge in [0, 0.05) is 52.1 Å². The fraction of sp³-hybridized carbons (Fsp3) is 0.520. The van der Waals surface area contributed by atoms with Crippen LogP contribution in [-0.2, 0) is 24.4 Å². The molecule has 1 aliphatic heterocycles. The Bertz CT molecular complexity index is 1050. The lowest BCUT2D eigenvalue weighted by molar-refractivity contribution is 0.116. The highest BCUT2D eigenvalue weighted by Gasteiger charge is 2.21. The number of methoxy groups -OCH3 is 3. The van der Waals surface area contributed by atoms with E-state index in [-0.39, 0.29) is 0 Å². The lowest BCUT2D eigenvalue weighted by Gasteiger charge is -2.34. The number of hydrogen-bond acceptors (Lipinski definition) is 8. The van der Waals surface area contributed by atoms with Crippen LogP contribution in [0, 0.1) is 0 Å². The summed E-state index contributed by atoms with van der Waals surface area (Å²) in [6, 6.07) is 8.02. The van der Waals surface area contributed by atoms with Gasteiger partial charge in [0.25, 0.3) is 0 Å². The first-order chi connectivity index (χ1) is 16.7. The average Bonchev–Trinajstić information content (AvgIpc) is 3.21. The van der Waals surface area contributed by atoms with E-state index >= 15 is 0 Å². The molecule has 1 aliphatic rings. The van der Waals surface area contributed by atoms with Gasteiger partial charge in [-0.2, -0.15) is 0 Å². The Hall–Kier alpha value is -2.88. The highest BCUT2D eigenvalue weighted by Crippen LogP contribution is 2.38. The molecule has 34 heavy (non-hydrogen) atoms. The summed E-state index contributed by atoms with van der Waals surface area (Å²) in [6.45, 7) is 9.71. The van der Waals surface area contributed by atoms with Crippen LogP contribution in [0.15, 0.2) is 30.5 Å². The minimum Gasteiger partial charge on any atom is -0.493 e. The number of hydrogen-bond donors (Lipinski definition) is 0. The molecule has 0 bridgehead atoms. The Balaban J connectivity index is 1.39. The van der Waals surface area contributed by atoms with Crippen LogP contribution in [-0.4, -0.2) is 85.1 Å². The molecule has 3 aromatic rings. The van der Waals surface area contributed by atoms with Crippen molar-refractivity contribution in [3.05, 3.63) is 41.9 Å². The van der Waals surface area contributed by atoms with Crippen molar-refractivity contribution in [2.75, 3.05) is 60.7 Å². The summed E-state index contributed by atoms with van der Waals surface area (Å²) < 4.78 is 24.3. The van der Waals surface area contributed by atoms with Gasteiger partial charge in [0.15, 0.2) is 17.1 Å². The smallest absolute Gasteiger partial charge is 0.203 e. The maximum absolute atomic E-state index is 5.60. The second kappa shape index (κ2) is 11.5. The van der Waals surface area contributed by atoms with Gasteiger partial charge in [-0.3, -0.25) is 9.80 Å². The lowest BCUT2D eigenvalue weighted by Crippen LogP contribution is -2.45. The van der Waals surface area contributed by atoms with E-state index in [9.17, 15) is 0 Å². The molecule has 3 heterocycles. The first kappa shape index (κ1) is 24.3. The van der Waals surface area contributed by atoms with Crippen LogP contribution in [0.1, 0.15) is 18.3 Å². The van der Waals surface area contributed by atoms with Crippen molar-refractivity contribution in [3.8, 4) is 17.2 Å². The second-order valence-electron chi connectivity index (χ2n) is 8.31. The van der Waals surface area contributed by atoms with Crippen LogP contribution in [0.25, 0.3) is 11.2 Å². The second-order valence-corrected chi connectivity index (χ2v) is 8.31. The van der Waals surface area contributed by atoms with Gasteiger partial charge in [0.2, 0.25) is 5.75 Å². The third-order valence-electron chi connectivity index (χ3n) is 6.21. The van der Waals surface area contributed by atoms with E-state index in [2.05, 4.69) is 19.4 Å². The predicted octanol–water partition coefficient (Wildman–Crippen LogP) is 2.81. The Morgan fingerprint density at radius 2 is 1.59 bits per heavy atom. The number of aromatic nitrogens is 3. The van der Waals surface area contributed by atoms with Gasteiger partial charge in [-0.05, 0) is 36.8 Å². The summed E-state index contributed by atoms with van der Waals surface area (Å²) in [5.74, 6) is 3.05. The Kier molecular flexibility index (Phi) is 8.21. The zero-order valence-electron chi connectivity index (χ0n) is 20.6. The van der Waals surface area contributed by atoms with Crippen LogP contribution < -0.4 is 14.2 Å². The minimum atomic E-state index is 0.625. The molecule has 0 atom stereocenters. The topological polar surface area (TPSA) is 74.1 Å². The van der Waals surface area contributed by atoms with Crippen LogP contribution >= 0.6 is 0 Å². The van der Waals surface area contributed by atoms with Gasteiger partial charge >= 0.3 is 0 Å². The van der Waals surface area contributed by atoms with Gasteiger partial charge in [0.1, 0.15) is 11.3 Å². The monoisotopic (exact) mass is 469 g/mol. The average molecular weight is 470 g/mol. The molecule has 9 nitrogen and oxygen atoms in total. The van der Waals surface area contributed by atoms with Crippen molar-refractivity contribution in [1.82, 2.24) is 24.3 Å². The van der Waals surface area contributed by atoms with Crippen molar-refractivity contribution >= 4 is 11.2 Å². The third kappa shape index (κ3) is 5.43. The number of imidazole rings is 1. The molecule has 0 radical (unpaired) electrons. The SMILES string of the molecule is CCOCCn1c(CN2CCN(Cc3cc(OC)c(OC)c(OC)c3)CC2)nc2cccnc21. The number of nitrogens with zero attached hydrogens (tertiary/aromatic N) is 5. The summed E-state index contributed by atoms with van der Waals surface area (Å²) in [4.78, 5) is 14.4. The number of rotatable bonds is 11. The predicted molar refractivity (Wildman–Crippen MR) is 131 cm³/mol. The molecule has 4 rings (SSSR count). The van der Waals surface area contributed by atoms with Crippen molar-refractivity contribution < 1.29 is 18.9 Å². The van der Waals surface area contributed by atoms with Gasteiger partial charge in [-0.25, -0.2) is 9.97 Å². The number of piperazine rings is 1. The van der Waals surface area contributed by atoms with Gasteiger partial charge in [0.05, 0.1) is 34.5 Å². The summed E-state index contributed by atoms with van der Waals surface area (Å²) in [5, 5.41) is 0. The highest BCUT2D eigenvalue weighted by molar-refractivity contribution is 5.71. The Morgan fingerprint density at radius 1 is 0.912 bits per heavy atom. The largest absolute Gasteiger partial charge is 0.493 e. The highest BCUT2D eigenvalue weighted by atomic mass is 16.5. The minimum absolute atomic E-state index is 0.625. The molecule has 0 unspecified atom stereocenters. The van der Waals surface area contributed by atoms with E-state index in [0.717, 1.165) is 68.4 Å². The molecule has 1 saturated heterocycles. The summed E-state index contributed by atoms with van der Waals surface area (Å²) in [7, 11) is 4.93. The van der Waals surface area contributed by atoms with Crippen molar-refractivity contribution in [3.63, 3.8) is 0 Å². The zero-order chi connectivity index (χ0) is 23.9. The first-order valence-corrected chi connectivity index (χ1v) is 11.8. The molecule has 1 aromatic carbocycles. The number of pyridine rings is 1. The van der Waals surface area contributed by atoms with E-state index < -0.39 is 0 Å². The number of benzene rings is 1. The van der Waals surface area contributed by atoms with Crippen LogP contribution in [0.3, 0.4) is 0 Å². The van der Waals surface area contributed by atoms with Crippen LogP contribution in [0.4, 0.5) is 0 Å². The van der Waals surface area contributed by atoms with Crippen molar-refractivity contribution in [2.24, 2.45) is 0 Å². The molecule has 0 amide bonds. The fourth-order valence-corrected chi connectivity index (χ4v) is 4.45. The number of fused-ring (bicyclic) bond motifs is 1. The Labute approximate surface area is 201 Å². The standard InChI is InChI=1S/C25H35N5O4/c1-5-34-14-13-30-23(27-20-7-6-8-26-25(20)30)18-29-11-9-28(10-12-29)17-19-15-21(31-2)24(33-4)22(16-19)32-3/h6-8,15-16H,5,9-14,17-18H2,1-4H3. The maximum Gasteiger partial charge on any atom is 0.203 e. The van der Waals surface area contributed by atoms with Crippen molar-refractivity contribution in [1.29, 1.82) is 0 Å². The molecule has 0 N–H and O–H groups in total. The molecule has 1 fully saturated rings. The van der Waals surface area contributed by atoms with Crippen LogP contribution in [0.5, 0.6) is 17.2 Å². The molecule has 2 aromatic heterocycles. The first-order valence-electron chi connectivity index (χ1n) is 11.8. The van der Waals surface area contributed by atoms with Gasteiger partial charge in [-0.15, -0.1) is 0 Å². The summed E-state index contributed by atoms with van der Waals surface area (Å²) in [6.07, 6.45) is 1.83. The zero-order valence-corrected chi connectivity index (χ0v) is 20.6. The summed E-state index contributed by atoms with van der Waals surface area (Å²) >= 11 is 0. The van der Waals surface area contributed by atoms with E-state index in [1.807, 2.05) is 37.4 Å². The Morgan fingerprint density at radius 3 is 2.21 bits per heavy atom. The normalized spacial score (nSPS) is 15.1. The summed E-state index contributed by atoms with van der Waals surface area (Å²) in [5.41, 5.74) is 3.01. The van der Waals surface area contributed by atoms with E-state index in [1.54, 1.807) is 21.3 Å². The molecular formula is C25H35N5O4. The molecule has 0 saturated carbocycles. The van der Waals surface area contributed by atoms with Gasteiger partial charge in [-0.1, -0.05) is 0 Å². The lowest BCUT2D eigenvalue weighted by atomic mass is 10.1. The fourth-order valence-electron chi connectivity index (χ4n) is 4.45. The third-order valence-corrected chi connectivity index (χ3v) is 6.21. The number of ether oxygens (including phenoxy) is 4. The molecule has 184 valence electrons. The van der Waals surface area contributed by atoms with Crippen LogP contribution in [0.2, 0.25) is 0 Å². The van der Waals surface area contributed by atoms with Gasteiger partial charge < -0.3 is 23.5 Å². The molecule has 0 aliphatic carbocycles. The molecule has 0 spiro atoms. The molecular weight excluding hydrogens is 434 g/mol. The van der Waals surface area contributed by atoms with Crippen molar-refractivity contribution in [2.45, 2.75) is 26.6 Å². The van der Waals surface area contributed by atoms with E-state index in [4.69, 9.17) is 23.9 Å².